The summed E-state index contributed by atoms with van der Waals surface area (Å²) in [6.45, 7) is 5.71. The summed E-state index contributed by atoms with van der Waals surface area (Å²) in [6.07, 6.45) is 0. The van der Waals surface area contributed by atoms with Crippen LogP contribution in [0.1, 0.15) is 29.8 Å². The summed E-state index contributed by atoms with van der Waals surface area (Å²) in [7, 11) is 1.63. The van der Waals surface area contributed by atoms with E-state index in [4.69, 9.17) is 4.74 Å². The van der Waals surface area contributed by atoms with Crippen LogP contribution < -0.4 is 10.3 Å². The molecule has 1 aromatic heterocycles. The van der Waals surface area contributed by atoms with Gasteiger partial charge in [-0.05, 0) is 61.2 Å². The number of pyridine rings is 1. The average Bonchev–Trinajstić information content (AvgIpc) is 2.82. The smallest absolute Gasteiger partial charge is 0.259 e. The Kier molecular flexibility index (Phi) is 5.76. The van der Waals surface area contributed by atoms with Crippen molar-refractivity contribution in [3.05, 3.63) is 88.2 Å². The zero-order chi connectivity index (χ0) is 22.0. The molecule has 0 N–H and O–H groups in total. The second-order valence-corrected chi connectivity index (χ2v) is 7.49. The first-order valence-corrected chi connectivity index (χ1v) is 10.5. The summed E-state index contributed by atoms with van der Waals surface area (Å²) in [6, 6.07) is 20.9. The van der Waals surface area contributed by atoms with Crippen LogP contribution in [0.3, 0.4) is 0 Å². The molecular weight excluding hydrogens is 388 g/mol. The van der Waals surface area contributed by atoms with Crippen molar-refractivity contribution in [2.75, 3.05) is 20.2 Å². The highest BCUT2D eigenvalue weighted by Crippen LogP contribution is 2.25. The number of fused-ring (bicyclic) bond motifs is 3. The SMILES string of the molecule is CCN(CC)C(=O)c1ccc2c(c1)c1ccccc1c(=O)n2Cc1ccc(OC)cc1. The normalized spacial score (nSPS) is 11.1. The van der Waals surface area contributed by atoms with Gasteiger partial charge in [0, 0.05) is 29.4 Å². The molecule has 0 saturated heterocycles. The number of hydrogen-bond acceptors (Lipinski definition) is 3. The van der Waals surface area contributed by atoms with Gasteiger partial charge in [0.2, 0.25) is 0 Å². The number of methoxy groups -OCH3 is 1. The van der Waals surface area contributed by atoms with Crippen molar-refractivity contribution < 1.29 is 9.53 Å². The minimum absolute atomic E-state index is 0.00360. The first kappa shape index (κ1) is 20.7. The first-order chi connectivity index (χ1) is 15.1. The lowest BCUT2D eigenvalue weighted by Crippen LogP contribution is -2.30. The van der Waals surface area contributed by atoms with Gasteiger partial charge in [0.05, 0.1) is 19.2 Å². The van der Waals surface area contributed by atoms with Gasteiger partial charge < -0.3 is 14.2 Å². The van der Waals surface area contributed by atoms with Crippen LogP contribution >= 0.6 is 0 Å². The van der Waals surface area contributed by atoms with Crippen LogP contribution in [0.2, 0.25) is 0 Å². The van der Waals surface area contributed by atoms with Gasteiger partial charge in [0.15, 0.2) is 0 Å². The van der Waals surface area contributed by atoms with Crippen molar-refractivity contribution in [2.45, 2.75) is 20.4 Å². The lowest BCUT2D eigenvalue weighted by molar-refractivity contribution is 0.0773. The van der Waals surface area contributed by atoms with Crippen molar-refractivity contribution in [1.82, 2.24) is 9.47 Å². The van der Waals surface area contributed by atoms with Crippen LogP contribution in [0.5, 0.6) is 5.75 Å². The molecule has 4 rings (SSSR count). The maximum absolute atomic E-state index is 13.4. The fourth-order valence-corrected chi connectivity index (χ4v) is 4.04. The average molecular weight is 415 g/mol. The summed E-state index contributed by atoms with van der Waals surface area (Å²) >= 11 is 0. The minimum Gasteiger partial charge on any atom is -0.497 e. The van der Waals surface area contributed by atoms with E-state index in [-0.39, 0.29) is 11.5 Å². The van der Waals surface area contributed by atoms with E-state index >= 15 is 0 Å². The molecule has 0 fully saturated rings. The van der Waals surface area contributed by atoms with Crippen molar-refractivity contribution in [3.63, 3.8) is 0 Å². The second-order valence-electron chi connectivity index (χ2n) is 7.49. The van der Waals surface area contributed by atoms with E-state index in [0.717, 1.165) is 27.6 Å². The zero-order valence-corrected chi connectivity index (χ0v) is 18.1. The second kappa shape index (κ2) is 8.64. The van der Waals surface area contributed by atoms with Gasteiger partial charge in [-0.25, -0.2) is 0 Å². The van der Waals surface area contributed by atoms with E-state index in [0.29, 0.717) is 30.6 Å². The van der Waals surface area contributed by atoms with Gasteiger partial charge in [0.1, 0.15) is 5.75 Å². The number of nitrogens with zero attached hydrogens (tertiary/aromatic N) is 2. The number of aromatic nitrogens is 1. The number of carbonyl (C=O) groups excluding carboxylic acids is 1. The van der Waals surface area contributed by atoms with E-state index in [9.17, 15) is 9.59 Å². The van der Waals surface area contributed by atoms with Gasteiger partial charge in [-0.15, -0.1) is 0 Å². The molecule has 0 spiro atoms. The van der Waals surface area contributed by atoms with Crippen molar-refractivity contribution in [3.8, 4) is 5.75 Å². The van der Waals surface area contributed by atoms with E-state index in [1.807, 2.05) is 80.6 Å². The Bertz CT molecular complexity index is 1300. The lowest BCUT2D eigenvalue weighted by atomic mass is 10.0. The number of ether oxygens (including phenoxy) is 1. The maximum atomic E-state index is 13.4. The predicted octanol–water partition coefficient (Wildman–Crippen LogP) is 4.69. The predicted molar refractivity (Wildman–Crippen MR) is 125 cm³/mol. The van der Waals surface area contributed by atoms with Gasteiger partial charge in [0.25, 0.3) is 11.5 Å². The quantitative estimate of drug-likeness (QED) is 0.430. The van der Waals surface area contributed by atoms with E-state index in [2.05, 4.69) is 0 Å². The van der Waals surface area contributed by atoms with Crippen LogP contribution in [-0.4, -0.2) is 35.6 Å². The number of benzene rings is 3. The number of rotatable bonds is 6. The van der Waals surface area contributed by atoms with E-state index < -0.39 is 0 Å². The van der Waals surface area contributed by atoms with Crippen LogP contribution in [0.4, 0.5) is 0 Å². The molecule has 0 unspecified atom stereocenters. The van der Waals surface area contributed by atoms with Gasteiger partial charge in [-0.2, -0.15) is 0 Å². The number of amides is 1. The third-order valence-corrected chi connectivity index (χ3v) is 5.78. The topological polar surface area (TPSA) is 51.5 Å². The Labute approximate surface area is 181 Å². The highest BCUT2D eigenvalue weighted by atomic mass is 16.5. The molecule has 158 valence electrons. The highest BCUT2D eigenvalue weighted by Gasteiger charge is 2.16. The molecule has 1 amide bonds. The van der Waals surface area contributed by atoms with E-state index in [1.54, 1.807) is 16.6 Å². The van der Waals surface area contributed by atoms with Crippen molar-refractivity contribution in [2.24, 2.45) is 0 Å². The molecule has 0 aliphatic carbocycles. The molecule has 0 aliphatic rings. The molecule has 1 heterocycles. The van der Waals surface area contributed by atoms with Crippen LogP contribution in [-0.2, 0) is 6.54 Å². The first-order valence-electron chi connectivity index (χ1n) is 10.5. The standard InChI is InChI=1S/C26H26N2O3/c1-4-27(5-2)25(29)19-12-15-24-23(16-19)21-8-6-7-9-22(21)26(30)28(24)17-18-10-13-20(31-3)14-11-18/h6-16H,4-5,17H2,1-3H3. The molecule has 0 aliphatic heterocycles. The summed E-state index contributed by atoms with van der Waals surface area (Å²) in [5.41, 5.74) is 2.41. The maximum Gasteiger partial charge on any atom is 0.259 e. The summed E-state index contributed by atoms with van der Waals surface area (Å²) in [5, 5.41) is 2.42. The molecule has 0 saturated carbocycles. The Balaban J connectivity index is 1.91. The molecule has 0 radical (unpaired) electrons. The number of carbonyl (C=O) groups is 1. The van der Waals surface area contributed by atoms with Crippen LogP contribution in [0.25, 0.3) is 21.7 Å². The van der Waals surface area contributed by atoms with Gasteiger partial charge in [-0.1, -0.05) is 30.3 Å². The molecule has 31 heavy (non-hydrogen) atoms. The molecular formula is C26H26N2O3. The fourth-order valence-electron chi connectivity index (χ4n) is 4.04. The third kappa shape index (κ3) is 3.79. The van der Waals surface area contributed by atoms with Crippen molar-refractivity contribution in [1.29, 1.82) is 0 Å². The number of hydrogen-bond donors (Lipinski definition) is 0. The Morgan fingerprint density at radius 3 is 2.23 bits per heavy atom. The summed E-state index contributed by atoms with van der Waals surface area (Å²) < 4.78 is 7.02. The van der Waals surface area contributed by atoms with Crippen LogP contribution in [0.15, 0.2) is 71.5 Å². The monoisotopic (exact) mass is 414 g/mol. The van der Waals surface area contributed by atoms with Crippen LogP contribution in [0, 0.1) is 0 Å². The van der Waals surface area contributed by atoms with Gasteiger partial charge in [-0.3, -0.25) is 9.59 Å². The van der Waals surface area contributed by atoms with E-state index in [1.165, 1.54) is 0 Å². The molecule has 5 nitrogen and oxygen atoms in total. The van der Waals surface area contributed by atoms with Crippen molar-refractivity contribution >= 4 is 27.6 Å². The molecule has 0 bridgehead atoms. The largest absolute Gasteiger partial charge is 0.497 e. The third-order valence-electron chi connectivity index (χ3n) is 5.78. The minimum atomic E-state index is -0.0401. The Hall–Kier alpha value is -3.60. The van der Waals surface area contributed by atoms with Gasteiger partial charge >= 0.3 is 0 Å². The Morgan fingerprint density at radius 1 is 0.903 bits per heavy atom. The highest BCUT2D eigenvalue weighted by molar-refractivity contribution is 6.08. The fraction of sp³-hybridized carbons (Fsp3) is 0.231. The summed E-state index contributed by atoms with van der Waals surface area (Å²) in [5.74, 6) is 0.780. The lowest BCUT2D eigenvalue weighted by Gasteiger charge is -2.20. The molecule has 3 aromatic carbocycles. The molecule has 4 aromatic rings. The molecule has 0 atom stereocenters. The zero-order valence-electron chi connectivity index (χ0n) is 18.1. The molecule has 5 heteroatoms. The summed E-state index contributed by atoms with van der Waals surface area (Å²) in [4.78, 5) is 28.1. The Morgan fingerprint density at radius 2 is 1.58 bits per heavy atom.